The van der Waals surface area contributed by atoms with Crippen LogP contribution in [0.3, 0.4) is 0 Å². The Balaban J connectivity index is 1.74. The van der Waals surface area contributed by atoms with E-state index in [1.165, 1.54) is 18.2 Å². The first-order chi connectivity index (χ1) is 15.0. The van der Waals surface area contributed by atoms with Crippen LogP contribution in [0.1, 0.15) is 37.6 Å². The fraction of sp³-hybridized carbons (Fsp3) is 0.160. The number of aliphatic imine (C=N–C) groups is 2. The lowest BCUT2D eigenvalue weighted by atomic mass is 10.0. The molecule has 5 nitrogen and oxygen atoms in total. The Morgan fingerprint density at radius 2 is 1.58 bits per heavy atom. The van der Waals surface area contributed by atoms with Crippen molar-refractivity contribution in [1.29, 1.82) is 0 Å². The molecule has 0 amide bonds. The largest absolute Gasteiger partial charge is 0.507 e. The lowest BCUT2D eigenvalue weighted by Gasteiger charge is -2.09. The van der Waals surface area contributed by atoms with Crippen LogP contribution in [0.4, 0.5) is 15.8 Å². The molecule has 0 saturated carbocycles. The van der Waals surface area contributed by atoms with Gasteiger partial charge in [-0.2, -0.15) is 5.10 Å². The van der Waals surface area contributed by atoms with E-state index in [2.05, 4.69) is 13.8 Å². The standard InChI is InChI=1S/C25H21FN4O/c1-15(2)30-23-10-6-3-7-17(23)25(29-30)22-14-21(18-13-16(26)11-12-24(18)31)27-19-8-4-5-9-20(19)28-22/h3-13,15,31H,14H2,1-2H3. The minimum atomic E-state index is -0.430. The van der Waals surface area contributed by atoms with Gasteiger partial charge in [-0.25, -0.2) is 9.38 Å². The highest BCUT2D eigenvalue weighted by Crippen LogP contribution is 2.35. The second kappa shape index (κ2) is 7.47. The Morgan fingerprint density at radius 3 is 2.32 bits per heavy atom. The number of nitrogens with zero attached hydrogens (tertiary/aromatic N) is 4. The number of hydrogen-bond donors (Lipinski definition) is 1. The highest BCUT2D eigenvalue weighted by atomic mass is 19.1. The molecule has 31 heavy (non-hydrogen) atoms. The van der Waals surface area contributed by atoms with Gasteiger partial charge in [-0.3, -0.25) is 9.67 Å². The summed E-state index contributed by atoms with van der Waals surface area (Å²) in [5, 5.41) is 16.3. The van der Waals surface area contributed by atoms with Gasteiger partial charge in [0, 0.05) is 23.4 Å². The smallest absolute Gasteiger partial charge is 0.124 e. The summed E-state index contributed by atoms with van der Waals surface area (Å²) in [5.74, 6) is -0.447. The van der Waals surface area contributed by atoms with Crippen LogP contribution in [0.25, 0.3) is 10.9 Å². The number of benzene rings is 3. The van der Waals surface area contributed by atoms with E-state index < -0.39 is 5.82 Å². The van der Waals surface area contributed by atoms with Gasteiger partial charge in [0.15, 0.2) is 0 Å². The fourth-order valence-corrected chi connectivity index (χ4v) is 3.91. The van der Waals surface area contributed by atoms with E-state index in [1.807, 2.05) is 53.2 Å². The summed E-state index contributed by atoms with van der Waals surface area (Å²) in [6, 6.07) is 19.7. The van der Waals surface area contributed by atoms with E-state index in [0.717, 1.165) is 22.3 Å². The van der Waals surface area contributed by atoms with Gasteiger partial charge in [-0.05, 0) is 50.2 Å². The molecule has 1 aliphatic rings. The highest BCUT2D eigenvalue weighted by molar-refractivity contribution is 6.23. The van der Waals surface area contributed by atoms with Gasteiger partial charge in [0.2, 0.25) is 0 Å². The van der Waals surface area contributed by atoms with E-state index in [4.69, 9.17) is 15.1 Å². The first-order valence-electron chi connectivity index (χ1n) is 10.2. The molecule has 0 aliphatic carbocycles. The number of aromatic nitrogens is 2. The Hall–Kier alpha value is -3.80. The second-order valence-electron chi connectivity index (χ2n) is 7.85. The lowest BCUT2D eigenvalue weighted by Crippen LogP contribution is -2.12. The SMILES string of the molecule is CC(C)n1nc(C2=Nc3ccccc3N=C(c3cc(F)ccc3O)C2)c2ccccc21. The van der Waals surface area contributed by atoms with E-state index in [-0.39, 0.29) is 11.8 Å². The Bertz CT molecular complexity index is 1370. The Kier molecular flexibility index (Phi) is 4.62. The Labute approximate surface area is 179 Å². The number of para-hydroxylation sites is 3. The van der Waals surface area contributed by atoms with Crippen molar-refractivity contribution in [3.05, 3.63) is 83.8 Å². The van der Waals surface area contributed by atoms with Crippen LogP contribution >= 0.6 is 0 Å². The summed E-state index contributed by atoms with van der Waals surface area (Å²) in [7, 11) is 0. The molecule has 0 fully saturated rings. The van der Waals surface area contributed by atoms with Crippen molar-refractivity contribution < 1.29 is 9.50 Å². The van der Waals surface area contributed by atoms with Crippen LogP contribution in [-0.4, -0.2) is 26.3 Å². The molecule has 5 rings (SSSR count). The summed E-state index contributed by atoms with van der Waals surface area (Å²) < 4.78 is 16.0. The average Bonchev–Trinajstić information content (AvgIpc) is 3.05. The van der Waals surface area contributed by atoms with Crippen molar-refractivity contribution >= 4 is 33.7 Å². The summed E-state index contributed by atoms with van der Waals surface area (Å²) in [4.78, 5) is 9.66. The molecular weight excluding hydrogens is 391 g/mol. The molecule has 6 heteroatoms. The van der Waals surface area contributed by atoms with E-state index in [0.29, 0.717) is 29.1 Å². The highest BCUT2D eigenvalue weighted by Gasteiger charge is 2.23. The number of phenolic OH excluding ortho intramolecular Hbond substituents is 1. The number of hydrogen-bond acceptors (Lipinski definition) is 4. The normalized spacial score (nSPS) is 13.7. The van der Waals surface area contributed by atoms with Crippen LogP contribution < -0.4 is 0 Å². The molecule has 0 atom stereocenters. The van der Waals surface area contributed by atoms with E-state index in [1.54, 1.807) is 0 Å². The van der Waals surface area contributed by atoms with Gasteiger partial charge < -0.3 is 5.11 Å². The summed E-state index contributed by atoms with van der Waals surface area (Å²) in [5.41, 5.74) is 4.81. The van der Waals surface area contributed by atoms with Crippen molar-refractivity contribution in [2.75, 3.05) is 0 Å². The number of phenols is 1. The van der Waals surface area contributed by atoms with Crippen molar-refractivity contribution in [3.8, 4) is 5.75 Å². The van der Waals surface area contributed by atoms with Gasteiger partial charge in [-0.15, -0.1) is 0 Å². The van der Waals surface area contributed by atoms with Crippen LogP contribution in [0.2, 0.25) is 0 Å². The zero-order valence-electron chi connectivity index (χ0n) is 17.2. The van der Waals surface area contributed by atoms with E-state index in [9.17, 15) is 9.50 Å². The molecule has 1 N–H and O–H groups in total. The van der Waals surface area contributed by atoms with Crippen LogP contribution in [0, 0.1) is 5.82 Å². The van der Waals surface area contributed by atoms with Crippen LogP contribution in [-0.2, 0) is 0 Å². The fourth-order valence-electron chi connectivity index (χ4n) is 3.91. The van der Waals surface area contributed by atoms with Gasteiger partial charge in [-0.1, -0.05) is 30.3 Å². The molecule has 4 aromatic rings. The Morgan fingerprint density at radius 1 is 0.903 bits per heavy atom. The maximum absolute atomic E-state index is 14.0. The molecule has 0 saturated heterocycles. The molecule has 1 aliphatic heterocycles. The summed E-state index contributed by atoms with van der Waals surface area (Å²) in [6.07, 6.45) is 0.310. The van der Waals surface area contributed by atoms with Crippen LogP contribution in [0.15, 0.2) is 76.7 Å². The van der Waals surface area contributed by atoms with E-state index >= 15 is 0 Å². The maximum Gasteiger partial charge on any atom is 0.124 e. The van der Waals surface area contributed by atoms with Gasteiger partial charge >= 0.3 is 0 Å². The summed E-state index contributed by atoms with van der Waals surface area (Å²) >= 11 is 0. The van der Waals surface area contributed by atoms with Crippen molar-refractivity contribution in [2.24, 2.45) is 9.98 Å². The van der Waals surface area contributed by atoms with Gasteiger partial charge in [0.1, 0.15) is 17.3 Å². The second-order valence-corrected chi connectivity index (χ2v) is 7.85. The molecule has 0 spiro atoms. The zero-order valence-corrected chi connectivity index (χ0v) is 17.2. The van der Waals surface area contributed by atoms with Crippen molar-refractivity contribution in [3.63, 3.8) is 0 Å². The maximum atomic E-state index is 14.0. The minimum Gasteiger partial charge on any atom is -0.507 e. The summed E-state index contributed by atoms with van der Waals surface area (Å²) in [6.45, 7) is 4.18. The minimum absolute atomic E-state index is 0.0172. The third-order valence-electron chi connectivity index (χ3n) is 5.37. The lowest BCUT2D eigenvalue weighted by molar-refractivity contribution is 0.472. The molecular formula is C25H21FN4O. The average molecular weight is 412 g/mol. The third-order valence-corrected chi connectivity index (χ3v) is 5.37. The number of rotatable bonds is 3. The topological polar surface area (TPSA) is 62.8 Å². The van der Waals surface area contributed by atoms with Gasteiger partial charge in [0.05, 0.1) is 28.3 Å². The number of aromatic hydroxyl groups is 1. The molecule has 2 heterocycles. The first-order valence-corrected chi connectivity index (χ1v) is 10.2. The molecule has 0 unspecified atom stereocenters. The molecule has 0 bridgehead atoms. The van der Waals surface area contributed by atoms with Crippen LogP contribution in [0.5, 0.6) is 5.75 Å². The molecule has 3 aromatic carbocycles. The predicted molar refractivity (Wildman–Crippen MR) is 122 cm³/mol. The van der Waals surface area contributed by atoms with Gasteiger partial charge in [0.25, 0.3) is 0 Å². The molecule has 1 aromatic heterocycles. The van der Waals surface area contributed by atoms with Crippen molar-refractivity contribution in [1.82, 2.24) is 9.78 Å². The molecule has 0 radical (unpaired) electrons. The number of fused-ring (bicyclic) bond motifs is 2. The predicted octanol–water partition coefficient (Wildman–Crippen LogP) is 6.11. The monoisotopic (exact) mass is 412 g/mol. The molecule has 154 valence electrons. The first kappa shape index (κ1) is 19.2. The quantitative estimate of drug-likeness (QED) is 0.441. The zero-order chi connectivity index (χ0) is 21.5. The number of halogens is 1. The van der Waals surface area contributed by atoms with Crippen molar-refractivity contribution in [2.45, 2.75) is 26.3 Å². The third kappa shape index (κ3) is 3.40.